The van der Waals surface area contributed by atoms with Crippen LogP contribution in [-0.4, -0.2) is 37.9 Å². The van der Waals surface area contributed by atoms with Crippen molar-refractivity contribution in [1.29, 1.82) is 0 Å². The maximum Gasteiger partial charge on any atom is 0.249 e. The molecule has 0 amide bonds. The van der Waals surface area contributed by atoms with Gasteiger partial charge in [-0.05, 0) is 13.8 Å². The number of halogens is 3. The Kier molecular flexibility index (Phi) is 4.08. The number of hydrogen-bond acceptors (Lipinski definition) is 3. The summed E-state index contributed by atoms with van der Waals surface area (Å²) in [5, 5.41) is 3.12. The Labute approximate surface area is 115 Å². The predicted octanol–water partition coefficient (Wildman–Crippen LogP) is 1.47. The number of benzene rings is 1. The second-order valence-electron chi connectivity index (χ2n) is 4.99. The van der Waals surface area contributed by atoms with Gasteiger partial charge in [-0.3, -0.25) is 0 Å². The van der Waals surface area contributed by atoms with E-state index in [0.29, 0.717) is 12.1 Å². The zero-order chi connectivity index (χ0) is 15.1. The first-order valence-electron chi connectivity index (χ1n) is 6.12. The average molecular weight is 308 g/mol. The molecule has 20 heavy (non-hydrogen) atoms. The van der Waals surface area contributed by atoms with Crippen LogP contribution in [0, 0.1) is 17.5 Å². The fourth-order valence-electron chi connectivity index (χ4n) is 2.38. The molecular weight excluding hydrogens is 293 g/mol. The van der Waals surface area contributed by atoms with Crippen molar-refractivity contribution in [1.82, 2.24) is 9.62 Å². The Hall–Kier alpha value is -1.12. The number of hydrogen-bond donors (Lipinski definition) is 1. The zero-order valence-electron chi connectivity index (χ0n) is 11.0. The van der Waals surface area contributed by atoms with E-state index in [9.17, 15) is 21.6 Å². The highest BCUT2D eigenvalue weighted by Gasteiger charge is 2.35. The summed E-state index contributed by atoms with van der Waals surface area (Å²) in [6.07, 6.45) is 0. The summed E-state index contributed by atoms with van der Waals surface area (Å²) in [6.45, 7) is 3.75. The van der Waals surface area contributed by atoms with Crippen LogP contribution in [0.25, 0.3) is 0 Å². The van der Waals surface area contributed by atoms with Gasteiger partial charge in [0.05, 0.1) is 0 Å². The van der Waals surface area contributed by atoms with Gasteiger partial charge in [0.15, 0.2) is 4.90 Å². The largest absolute Gasteiger partial charge is 0.309 e. The maximum absolute atomic E-state index is 13.7. The molecule has 1 N–H and O–H groups in total. The predicted molar refractivity (Wildman–Crippen MR) is 67.1 cm³/mol. The first-order chi connectivity index (χ1) is 9.21. The van der Waals surface area contributed by atoms with E-state index in [1.165, 1.54) is 0 Å². The van der Waals surface area contributed by atoms with Crippen molar-refractivity contribution in [3.05, 3.63) is 29.6 Å². The van der Waals surface area contributed by atoms with Gasteiger partial charge in [0, 0.05) is 37.3 Å². The molecule has 1 saturated heterocycles. The molecule has 0 bridgehead atoms. The molecule has 0 aliphatic carbocycles. The van der Waals surface area contributed by atoms with Crippen LogP contribution in [0.2, 0.25) is 0 Å². The van der Waals surface area contributed by atoms with Crippen LogP contribution < -0.4 is 5.32 Å². The van der Waals surface area contributed by atoms with Crippen LogP contribution in [0.3, 0.4) is 0 Å². The fraction of sp³-hybridized carbons (Fsp3) is 0.500. The molecule has 2 rings (SSSR count). The lowest BCUT2D eigenvalue weighted by atomic mass is 10.2. The summed E-state index contributed by atoms with van der Waals surface area (Å²) in [7, 11) is -4.33. The summed E-state index contributed by atoms with van der Waals surface area (Å²) in [4.78, 5) is -1.10. The van der Waals surface area contributed by atoms with Gasteiger partial charge in [0.1, 0.15) is 17.5 Å². The van der Waals surface area contributed by atoms with Crippen molar-refractivity contribution < 1.29 is 21.6 Å². The summed E-state index contributed by atoms with van der Waals surface area (Å²) in [5.41, 5.74) is 0. The van der Waals surface area contributed by atoms with E-state index in [0.717, 1.165) is 4.31 Å². The van der Waals surface area contributed by atoms with Crippen LogP contribution in [0.1, 0.15) is 13.8 Å². The monoisotopic (exact) mass is 308 g/mol. The zero-order valence-corrected chi connectivity index (χ0v) is 11.8. The Morgan fingerprint density at radius 2 is 1.55 bits per heavy atom. The Morgan fingerprint density at radius 1 is 1.10 bits per heavy atom. The molecule has 0 radical (unpaired) electrons. The first-order valence-corrected chi connectivity index (χ1v) is 7.56. The minimum atomic E-state index is -4.33. The lowest BCUT2D eigenvalue weighted by Crippen LogP contribution is -2.55. The highest BCUT2D eigenvalue weighted by molar-refractivity contribution is 7.89. The Bertz CT molecular complexity index is 588. The van der Waals surface area contributed by atoms with Gasteiger partial charge in [0.25, 0.3) is 0 Å². The third kappa shape index (κ3) is 2.82. The smallest absolute Gasteiger partial charge is 0.249 e. The minimum Gasteiger partial charge on any atom is -0.309 e. The van der Waals surface area contributed by atoms with E-state index in [4.69, 9.17) is 0 Å². The second kappa shape index (κ2) is 5.34. The van der Waals surface area contributed by atoms with Crippen molar-refractivity contribution in [2.45, 2.75) is 30.8 Å². The van der Waals surface area contributed by atoms with Gasteiger partial charge < -0.3 is 5.32 Å². The van der Waals surface area contributed by atoms with E-state index in [1.807, 2.05) is 0 Å². The third-order valence-electron chi connectivity index (χ3n) is 3.08. The van der Waals surface area contributed by atoms with Crippen LogP contribution in [-0.2, 0) is 10.0 Å². The molecule has 2 unspecified atom stereocenters. The van der Waals surface area contributed by atoms with Crippen molar-refractivity contribution in [3.8, 4) is 0 Å². The van der Waals surface area contributed by atoms with Crippen molar-refractivity contribution >= 4 is 10.0 Å². The quantitative estimate of drug-likeness (QED) is 0.900. The van der Waals surface area contributed by atoms with E-state index in [-0.39, 0.29) is 25.2 Å². The summed E-state index contributed by atoms with van der Waals surface area (Å²) in [6, 6.07) is 0.455. The van der Waals surface area contributed by atoms with Gasteiger partial charge >= 0.3 is 0 Å². The molecule has 2 atom stereocenters. The lowest BCUT2D eigenvalue weighted by molar-refractivity contribution is 0.261. The SMILES string of the molecule is CC1CN(S(=O)(=O)c2c(F)cc(F)cc2F)CC(C)N1. The highest BCUT2D eigenvalue weighted by atomic mass is 32.2. The molecule has 112 valence electrons. The van der Waals surface area contributed by atoms with Crippen LogP contribution in [0.5, 0.6) is 0 Å². The standard InChI is InChI=1S/C12H15F3N2O2S/c1-7-5-17(6-8(2)16-7)20(18,19)12-10(14)3-9(13)4-11(12)15/h3-4,7-8,16H,5-6H2,1-2H3. The molecule has 4 nitrogen and oxygen atoms in total. The topological polar surface area (TPSA) is 49.4 Å². The molecule has 1 fully saturated rings. The number of piperazine rings is 1. The molecule has 1 aliphatic heterocycles. The van der Waals surface area contributed by atoms with Gasteiger partial charge in [-0.15, -0.1) is 0 Å². The van der Waals surface area contributed by atoms with Crippen LogP contribution in [0.15, 0.2) is 17.0 Å². The normalized spacial score (nSPS) is 24.9. The molecule has 1 heterocycles. The molecule has 0 spiro atoms. The Balaban J connectivity index is 2.45. The van der Waals surface area contributed by atoms with Gasteiger partial charge in [0.2, 0.25) is 10.0 Å². The summed E-state index contributed by atoms with van der Waals surface area (Å²) < 4.78 is 65.8. The number of nitrogens with one attached hydrogen (secondary N) is 1. The Morgan fingerprint density at radius 3 is 2.00 bits per heavy atom. The second-order valence-corrected chi connectivity index (χ2v) is 6.86. The first kappa shape index (κ1) is 15.3. The number of sulfonamides is 1. The van der Waals surface area contributed by atoms with Crippen molar-refractivity contribution in [3.63, 3.8) is 0 Å². The van der Waals surface area contributed by atoms with Gasteiger partial charge in [-0.25, -0.2) is 21.6 Å². The highest BCUT2D eigenvalue weighted by Crippen LogP contribution is 2.25. The van der Waals surface area contributed by atoms with Crippen molar-refractivity contribution in [2.75, 3.05) is 13.1 Å². The molecule has 0 saturated carbocycles. The molecule has 1 aliphatic rings. The van der Waals surface area contributed by atoms with Crippen LogP contribution in [0.4, 0.5) is 13.2 Å². The molecular formula is C12H15F3N2O2S. The number of nitrogens with zero attached hydrogens (tertiary/aromatic N) is 1. The van der Waals surface area contributed by atoms with Gasteiger partial charge in [-0.2, -0.15) is 4.31 Å². The summed E-state index contributed by atoms with van der Waals surface area (Å²) in [5.74, 6) is -3.98. The van der Waals surface area contributed by atoms with Crippen molar-refractivity contribution in [2.24, 2.45) is 0 Å². The molecule has 1 aromatic rings. The molecule has 1 aromatic carbocycles. The summed E-state index contributed by atoms with van der Waals surface area (Å²) >= 11 is 0. The maximum atomic E-state index is 13.7. The van der Waals surface area contributed by atoms with E-state index < -0.39 is 32.4 Å². The van der Waals surface area contributed by atoms with E-state index >= 15 is 0 Å². The van der Waals surface area contributed by atoms with Crippen LogP contribution >= 0.6 is 0 Å². The average Bonchev–Trinajstić information content (AvgIpc) is 2.25. The number of rotatable bonds is 2. The van der Waals surface area contributed by atoms with E-state index in [1.54, 1.807) is 13.8 Å². The molecule has 0 aromatic heterocycles. The fourth-order valence-corrected chi connectivity index (χ4v) is 4.09. The minimum absolute atomic E-state index is 0.100. The van der Waals surface area contributed by atoms with E-state index in [2.05, 4.69) is 5.32 Å². The van der Waals surface area contributed by atoms with Gasteiger partial charge in [-0.1, -0.05) is 0 Å². The third-order valence-corrected chi connectivity index (χ3v) is 4.97. The lowest BCUT2D eigenvalue weighted by Gasteiger charge is -2.35. The molecule has 8 heteroatoms.